The van der Waals surface area contributed by atoms with Gasteiger partial charge >= 0.3 is 5.97 Å². The summed E-state index contributed by atoms with van der Waals surface area (Å²) in [5.41, 5.74) is 1.13. The van der Waals surface area contributed by atoms with E-state index >= 15 is 0 Å². The fourth-order valence-electron chi connectivity index (χ4n) is 2.23. The molecule has 1 aromatic heterocycles. The third kappa shape index (κ3) is 2.99. The van der Waals surface area contributed by atoms with Crippen molar-refractivity contribution in [1.29, 1.82) is 0 Å². The van der Waals surface area contributed by atoms with E-state index in [4.69, 9.17) is 5.11 Å². The number of hydrogen-bond donors (Lipinski definition) is 1. The van der Waals surface area contributed by atoms with E-state index in [0.29, 0.717) is 11.6 Å². The Hall–Kier alpha value is -2.17. The van der Waals surface area contributed by atoms with Gasteiger partial charge in [-0.05, 0) is 18.9 Å². The van der Waals surface area contributed by atoms with Crippen LogP contribution in [0.3, 0.4) is 0 Å². The highest BCUT2D eigenvalue weighted by Gasteiger charge is 2.20. The molecule has 0 fully saturated rings. The number of rotatable bonds is 5. The van der Waals surface area contributed by atoms with Crippen LogP contribution in [0.1, 0.15) is 36.5 Å². The largest absolute Gasteiger partial charge is 0.480 e. The second-order valence-corrected chi connectivity index (χ2v) is 4.44. The Morgan fingerprint density at radius 2 is 2.05 bits per heavy atom. The Morgan fingerprint density at radius 3 is 2.63 bits per heavy atom. The van der Waals surface area contributed by atoms with Gasteiger partial charge in [0.2, 0.25) is 0 Å². The van der Waals surface area contributed by atoms with Crippen molar-refractivity contribution < 1.29 is 9.90 Å². The smallest absolute Gasteiger partial charge is 0.325 e. The highest BCUT2D eigenvalue weighted by atomic mass is 16.4. The quantitative estimate of drug-likeness (QED) is 0.894. The van der Waals surface area contributed by atoms with E-state index in [9.17, 15) is 4.79 Å². The van der Waals surface area contributed by atoms with Crippen LogP contribution in [-0.4, -0.2) is 25.8 Å². The number of benzene rings is 1. The molecular weight excluding hydrogens is 242 g/mol. The summed E-state index contributed by atoms with van der Waals surface area (Å²) in [6.07, 6.45) is 0.849. The van der Waals surface area contributed by atoms with Crippen molar-refractivity contribution >= 4 is 5.97 Å². The number of carboxylic acids is 1. The second kappa shape index (κ2) is 5.65. The molecule has 0 radical (unpaired) electrons. The Labute approximate surface area is 111 Å². The van der Waals surface area contributed by atoms with Crippen molar-refractivity contribution in [2.24, 2.45) is 0 Å². The van der Waals surface area contributed by atoms with E-state index in [2.05, 4.69) is 17.0 Å². The third-order valence-electron chi connectivity index (χ3n) is 3.01. The number of carbonyl (C=O) groups is 1. The Kier molecular flexibility index (Phi) is 3.94. The summed E-state index contributed by atoms with van der Waals surface area (Å²) in [5.74, 6) is 0.482. The number of hydrogen-bond acceptors (Lipinski definition) is 3. The standard InChI is InChI=1S/C14H17N3O2/c1-3-12(11-7-5-4-6-8-11)14-15-10(2)16-17(14)9-13(18)19/h4-8,12H,3,9H2,1-2H3,(H,18,19). The van der Waals surface area contributed by atoms with Gasteiger partial charge in [-0.25, -0.2) is 9.67 Å². The molecule has 1 heterocycles. The van der Waals surface area contributed by atoms with Crippen molar-refractivity contribution in [3.8, 4) is 0 Å². The Balaban J connectivity index is 2.41. The lowest BCUT2D eigenvalue weighted by Crippen LogP contribution is -2.16. The molecule has 0 bridgehead atoms. The minimum absolute atomic E-state index is 0.0711. The van der Waals surface area contributed by atoms with Crippen molar-refractivity contribution in [2.45, 2.75) is 32.7 Å². The SMILES string of the molecule is CCC(c1ccccc1)c1nc(C)nn1CC(=O)O. The molecule has 0 aliphatic heterocycles. The van der Waals surface area contributed by atoms with Crippen LogP contribution in [0.5, 0.6) is 0 Å². The van der Waals surface area contributed by atoms with Crippen LogP contribution in [0.4, 0.5) is 0 Å². The van der Waals surface area contributed by atoms with Crippen molar-refractivity contribution in [3.05, 3.63) is 47.5 Å². The minimum atomic E-state index is -0.908. The van der Waals surface area contributed by atoms with Crippen LogP contribution in [0, 0.1) is 6.92 Å². The van der Waals surface area contributed by atoms with Gasteiger partial charge in [0.05, 0.1) is 0 Å². The lowest BCUT2D eigenvalue weighted by Gasteiger charge is -2.15. The highest BCUT2D eigenvalue weighted by Crippen LogP contribution is 2.26. The van der Waals surface area contributed by atoms with E-state index in [1.807, 2.05) is 30.3 Å². The van der Waals surface area contributed by atoms with Crippen molar-refractivity contribution in [2.75, 3.05) is 0 Å². The van der Waals surface area contributed by atoms with E-state index in [1.165, 1.54) is 4.68 Å². The molecule has 2 aromatic rings. The summed E-state index contributed by atoms with van der Waals surface area (Å²) in [6.45, 7) is 3.69. The van der Waals surface area contributed by atoms with Crippen LogP contribution in [0.15, 0.2) is 30.3 Å². The van der Waals surface area contributed by atoms with Gasteiger partial charge in [-0.1, -0.05) is 37.3 Å². The molecule has 1 unspecified atom stereocenters. The van der Waals surface area contributed by atoms with E-state index in [-0.39, 0.29) is 12.5 Å². The van der Waals surface area contributed by atoms with Gasteiger partial charge in [-0.2, -0.15) is 5.10 Å². The fraction of sp³-hybridized carbons (Fsp3) is 0.357. The molecule has 100 valence electrons. The molecule has 19 heavy (non-hydrogen) atoms. The van der Waals surface area contributed by atoms with Gasteiger partial charge in [0.15, 0.2) is 0 Å². The van der Waals surface area contributed by atoms with Gasteiger partial charge in [0.1, 0.15) is 18.2 Å². The Morgan fingerprint density at radius 1 is 1.37 bits per heavy atom. The molecular formula is C14H17N3O2. The normalized spacial score (nSPS) is 12.3. The van der Waals surface area contributed by atoms with Gasteiger partial charge in [-0.15, -0.1) is 0 Å². The lowest BCUT2D eigenvalue weighted by molar-refractivity contribution is -0.137. The van der Waals surface area contributed by atoms with E-state index < -0.39 is 5.97 Å². The second-order valence-electron chi connectivity index (χ2n) is 4.44. The summed E-state index contributed by atoms with van der Waals surface area (Å²) in [6, 6.07) is 9.97. The van der Waals surface area contributed by atoms with E-state index in [1.54, 1.807) is 6.92 Å². The summed E-state index contributed by atoms with van der Waals surface area (Å²) >= 11 is 0. The van der Waals surface area contributed by atoms with Gasteiger partial charge in [0.25, 0.3) is 0 Å². The van der Waals surface area contributed by atoms with Crippen molar-refractivity contribution in [3.63, 3.8) is 0 Å². The molecule has 2 rings (SSSR count). The van der Waals surface area contributed by atoms with Crippen LogP contribution < -0.4 is 0 Å². The summed E-state index contributed by atoms with van der Waals surface area (Å²) in [5, 5.41) is 13.1. The molecule has 0 aliphatic carbocycles. The maximum absolute atomic E-state index is 10.9. The summed E-state index contributed by atoms with van der Waals surface area (Å²) in [7, 11) is 0. The molecule has 1 aromatic carbocycles. The van der Waals surface area contributed by atoms with E-state index in [0.717, 1.165) is 12.0 Å². The van der Waals surface area contributed by atoms with Crippen LogP contribution in [0.25, 0.3) is 0 Å². The zero-order chi connectivity index (χ0) is 13.8. The maximum Gasteiger partial charge on any atom is 0.325 e. The number of aryl methyl sites for hydroxylation is 1. The molecule has 0 aliphatic rings. The molecule has 0 spiro atoms. The van der Waals surface area contributed by atoms with Gasteiger partial charge in [-0.3, -0.25) is 4.79 Å². The summed E-state index contributed by atoms with van der Waals surface area (Å²) in [4.78, 5) is 15.3. The van der Waals surface area contributed by atoms with Gasteiger partial charge < -0.3 is 5.11 Å². The number of nitrogens with zero attached hydrogens (tertiary/aromatic N) is 3. The summed E-state index contributed by atoms with van der Waals surface area (Å²) < 4.78 is 1.48. The zero-order valence-corrected chi connectivity index (χ0v) is 11.1. The molecule has 1 atom stereocenters. The average molecular weight is 259 g/mol. The minimum Gasteiger partial charge on any atom is -0.480 e. The average Bonchev–Trinajstić information content (AvgIpc) is 2.72. The first kappa shape index (κ1) is 13.3. The van der Waals surface area contributed by atoms with Crippen molar-refractivity contribution in [1.82, 2.24) is 14.8 Å². The van der Waals surface area contributed by atoms with Crippen LogP contribution in [0.2, 0.25) is 0 Å². The van der Waals surface area contributed by atoms with Crippen LogP contribution in [-0.2, 0) is 11.3 Å². The monoisotopic (exact) mass is 259 g/mol. The maximum atomic E-state index is 10.9. The highest BCUT2D eigenvalue weighted by molar-refractivity contribution is 5.66. The molecule has 0 saturated heterocycles. The first-order valence-corrected chi connectivity index (χ1v) is 6.30. The zero-order valence-electron chi connectivity index (χ0n) is 11.1. The Bertz CT molecular complexity index is 563. The first-order chi connectivity index (χ1) is 9.11. The predicted molar refractivity (Wildman–Crippen MR) is 71.0 cm³/mol. The predicted octanol–water partition coefficient (Wildman–Crippen LogP) is 2.21. The number of aliphatic carboxylic acids is 1. The first-order valence-electron chi connectivity index (χ1n) is 6.30. The van der Waals surface area contributed by atoms with Gasteiger partial charge in [0, 0.05) is 5.92 Å². The number of aromatic nitrogens is 3. The fourth-order valence-corrected chi connectivity index (χ4v) is 2.23. The number of carboxylic acid groups (broad SMARTS) is 1. The molecule has 5 nitrogen and oxygen atoms in total. The lowest BCUT2D eigenvalue weighted by atomic mass is 9.96. The topological polar surface area (TPSA) is 68.0 Å². The molecule has 1 N–H and O–H groups in total. The molecule has 0 saturated carbocycles. The van der Waals surface area contributed by atoms with Crippen LogP contribution >= 0.6 is 0 Å². The molecule has 5 heteroatoms. The molecule has 0 amide bonds. The third-order valence-corrected chi connectivity index (χ3v) is 3.01.